The van der Waals surface area contributed by atoms with Crippen molar-refractivity contribution in [1.29, 1.82) is 0 Å². The zero-order valence-electron chi connectivity index (χ0n) is 21.9. The molecule has 186 valence electrons. The Morgan fingerprint density at radius 2 is 0.944 bits per heavy atom. The highest BCUT2D eigenvalue weighted by atomic mass is 16.1. The summed E-state index contributed by atoms with van der Waals surface area (Å²) in [5, 5.41) is 0. The number of hydrogen-bond donors (Lipinski definition) is 0. The van der Waals surface area contributed by atoms with E-state index in [0.717, 1.165) is 70.2 Å². The van der Waals surface area contributed by atoms with E-state index in [-0.39, 0.29) is 11.6 Å². The second-order valence-corrected chi connectivity index (χ2v) is 10.8. The Hall–Kier alpha value is -3.00. The molecular formula is C34H38O2. The Bertz CT molecular complexity index is 1200. The van der Waals surface area contributed by atoms with E-state index in [0.29, 0.717) is 0 Å². The number of carbonyl (C=O) groups excluding carboxylic acids is 2. The summed E-state index contributed by atoms with van der Waals surface area (Å²) >= 11 is 0. The highest BCUT2D eigenvalue weighted by Gasteiger charge is 2.30. The molecule has 0 N–H and O–H groups in total. The molecule has 0 amide bonds. The highest BCUT2D eigenvalue weighted by molar-refractivity contribution is 6.17. The Morgan fingerprint density at radius 1 is 0.500 bits per heavy atom. The van der Waals surface area contributed by atoms with Crippen LogP contribution in [0.15, 0.2) is 48.5 Å². The number of ketones is 2. The summed E-state index contributed by atoms with van der Waals surface area (Å²) in [4.78, 5) is 27.2. The highest BCUT2D eigenvalue weighted by Crippen LogP contribution is 2.35. The predicted octanol–water partition coefficient (Wildman–Crippen LogP) is 8.20. The minimum Gasteiger partial charge on any atom is -0.289 e. The molecule has 0 saturated heterocycles. The standard InChI is InChI=1S/C34H38O2/c1-3-5-7-9-11-23-13-15-25-19-27-21-28-20-26-16-14-24(12-10-8-6-4-2)18-30(26)34(36)32(28)22-31(27)33(35)29(25)17-23/h13-18,21-22H,3-12,19-20H2,1-2H3. The zero-order chi connectivity index (χ0) is 25.1. The first-order valence-corrected chi connectivity index (χ1v) is 14.1. The van der Waals surface area contributed by atoms with E-state index in [1.54, 1.807) is 0 Å². The van der Waals surface area contributed by atoms with Crippen LogP contribution in [0.2, 0.25) is 0 Å². The lowest BCUT2D eigenvalue weighted by Crippen LogP contribution is -2.21. The summed E-state index contributed by atoms with van der Waals surface area (Å²) in [7, 11) is 0. The van der Waals surface area contributed by atoms with Gasteiger partial charge < -0.3 is 0 Å². The average Bonchev–Trinajstić information content (AvgIpc) is 2.89. The first-order valence-electron chi connectivity index (χ1n) is 14.1. The molecule has 0 heterocycles. The van der Waals surface area contributed by atoms with E-state index in [2.05, 4.69) is 56.3 Å². The Balaban J connectivity index is 1.39. The molecule has 0 atom stereocenters. The van der Waals surface area contributed by atoms with Crippen molar-refractivity contribution in [1.82, 2.24) is 0 Å². The third kappa shape index (κ3) is 4.96. The molecule has 0 aromatic heterocycles. The summed E-state index contributed by atoms with van der Waals surface area (Å²) in [6.45, 7) is 4.45. The monoisotopic (exact) mass is 478 g/mol. The summed E-state index contributed by atoms with van der Waals surface area (Å²) in [6, 6.07) is 16.9. The van der Waals surface area contributed by atoms with Crippen LogP contribution in [0, 0.1) is 0 Å². The Labute approximate surface area is 216 Å². The lowest BCUT2D eigenvalue weighted by Gasteiger charge is -2.25. The van der Waals surface area contributed by atoms with Gasteiger partial charge in [0.15, 0.2) is 11.6 Å². The van der Waals surface area contributed by atoms with Gasteiger partial charge in [0.1, 0.15) is 0 Å². The first kappa shape index (κ1) is 24.7. The molecule has 0 spiro atoms. The van der Waals surface area contributed by atoms with Crippen molar-refractivity contribution in [3.8, 4) is 0 Å². The van der Waals surface area contributed by atoms with Crippen LogP contribution in [0.25, 0.3) is 0 Å². The van der Waals surface area contributed by atoms with E-state index in [4.69, 9.17) is 0 Å². The van der Waals surface area contributed by atoms with Crippen molar-refractivity contribution in [3.05, 3.63) is 104 Å². The third-order valence-corrected chi connectivity index (χ3v) is 8.06. The summed E-state index contributed by atoms with van der Waals surface area (Å²) in [6.07, 6.45) is 13.4. The Kier molecular flexibility index (Phi) is 7.51. The topological polar surface area (TPSA) is 34.1 Å². The largest absolute Gasteiger partial charge is 0.289 e. The summed E-state index contributed by atoms with van der Waals surface area (Å²) in [5.74, 6) is 0.153. The van der Waals surface area contributed by atoms with Gasteiger partial charge in [0.25, 0.3) is 0 Å². The van der Waals surface area contributed by atoms with Crippen LogP contribution < -0.4 is 0 Å². The molecular weight excluding hydrogens is 440 g/mol. The number of benzene rings is 3. The third-order valence-electron chi connectivity index (χ3n) is 8.06. The first-order chi connectivity index (χ1) is 17.6. The maximum Gasteiger partial charge on any atom is 0.193 e. The van der Waals surface area contributed by atoms with Crippen LogP contribution in [0.4, 0.5) is 0 Å². The van der Waals surface area contributed by atoms with Crippen LogP contribution >= 0.6 is 0 Å². The second-order valence-electron chi connectivity index (χ2n) is 10.8. The predicted molar refractivity (Wildman–Crippen MR) is 147 cm³/mol. The molecule has 3 aromatic rings. The van der Waals surface area contributed by atoms with Crippen LogP contribution in [0.5, 0.6) is 0 Å². The van der Waals surface area contributed by atoms with Gasteiger partial charge in [-0.05, 0) is 90.1 Å². The van der Waals surface area contributed by atoms with Gasteiger partial charge >= 0.3 is 0 Å². The molecule has 36 heavy (non-hydrogen) atoms. The van der Waals surface area contributed by atoms with Crippen LogP contribution in [-0.2, 0) is 25.7 Å². The summed E-state index contributed by atoms with van der Waals surface area (Å²) < 4.78 is 0. The SMILES string of the molecule is CCCCCCc1ccc2c(c1)C(=O)c1cc3c(cc1C2)Cc1ccc(CCCCCC)cc1C3=O. The van der Waals surface area contributed by atoms with Gasteiger partial charge in [-0.25, -0.2) is 0 Å². The van der Waals surface area contributed by atoms with Crippen molar-refractivity contribution >= 4 is 11.6 Å². The molecule has 0 saturated carbocycles. The summed E-state index contributed by atoms with van der Waals surface area (Å²) in [5.41, 5.74) is 9.93. The van der Waals surface area contributed by atoms with Crippen molar-refractivity contribution in [2.45, 2.75) is 90.9 Å². The van der Waals surface area contributed by atoms with Crippen molar-refractivity contribution < 1.29 is 9.59 Å². The molecule has 3 aromatic carbocycles. The molecule has 2 heteroatoms. The van der Waals surface area contributed by atoms with Gasteiger partial charge in [-0.2, -0.15) is 0 Å². The Morgan fingerprint density at radius 3 is 1.39 bits per heavy atom. The minimum absolute atomic E-state index is 0.0766. The quantitative estimate of drug-likeness (QED) is 0.190. The number of unbranched alkanes of at least 4 members (excludes halogenated alkanes) is 6. The van der Waals surface area contributed by atoms with Gasteiger partial charge in [-0.15, -0.1) is 0 Å². The van der Waals surface area contributed by atoms with E-state index < -0.39 is 0 Å². The molecule has 5 rings (SSSR count). The van der Waals surface area contributed by atoms with E-state index in [1.165, 1.54) is 62.5 Å². The molecule has 0 unspecified atom stereocenters. The van der Waals surface area contributed by atoms with Crippen LogP contribution in [0.1, 0.15) is 130 Å². The number of rotatable bonds is 10. The lowest BCUT2D eigenvalue weighted by atomic mass is 9.77. The average molecular weight is 479 g/mol. The zero-order valence-corrected chi connectivity index (χ0v) is 21.9. The van der Waals surface area contributed by atoms with E-state index in [1.807, 2.05) is 6.07 Å². The number of aryl methyl sites for hydroxylation is 2. The molecule has 0 bridgehead atoms. The van der Waals surface area contributed by atoms with Gasteiger partial charge in [-0.1, -0.05) is 82.7 Å². The van der Waals surface area contributed by atoms with Crippen LogP contribution in [0.3, 0.4) is 0 Å². The van der Waals surface area contributed by atoms with Crippen molar-refractivity contribution in [3.63, 3.8) is 0 Å². The second kappa shape index (κ2) is 10.9. The molecule has 0 aliphatic heterocycles. The van der Waals surface area contributed by atoms with Gasteiger partial charge in [0.05, 0.1) is 0 Å². The lowest BCUT2D eigenvalue weighted by molar-refractivity contribution is 0.103. The van der Waals surface area contributed by atoms with Gasteiger partial charge in [0, 0.05) is 22.3 Å². The van der Waals surface area contributed by atoms with Crippen molar-refractivity contribution in [2.24, 2.45) is 0 Å². The van der Waals surface area contributed by atoms with E-state index >= 15 is 0 Å². The fourth-order valence-electron chi connectivity index (χ4n) is 5.91. The normalized spacial score (nSPS) is 13.7. The fraction of sp³-hybridized carbons (Fsp3) is 0.412. The number of carbonyl (C=O) groups is 2. The van der Waals surface area contributed by atoms with Gasteiger partial charge in [-0.3, -0.25) is 9.59 Å². The minimum atomic E-state index is 0.0766. The van der Waals surface area contributed by atoms with Gasteiger partial charge in [0.2, 0.25) is 0 Å². The number of hydrogen-bond acceptors (Lipinski definition) is 2. The maximum absolute atomic E-state index is 13.6. The maximum atomic E-state index is 13.6. The molecule has 2 aliphatic carbocycles. The molecule has 2 nitrogen and oxygen atoms in total. The molecule has 0 fully saturated rings. The number of fused-ring (bicyclic) bond motifs is 4. The molecule has 0 radical (unpaired) electrons. The van der Waals surface area contributed by atoms with Crippen molar-refractivity contribution in [2.75, 3.05) is 0 Å². The van der Waals surface area contributed by atoms with E-state index in [9.17, 15) is 9.59 Å². The fourth-order valence-corrected chi connectivity index (χ4v) is 5.91. The smallest absolute Gasteiger partial charge is 0.193 e. The van der Waals surface area contributed by atoms with Crippen LogP contribution in [-0.4, -0.2) is 11.6 Å². The molecule has 2 aliphatic rings.